The van der Waals surface area contributed by atoms with Crippen molar-refractivity contribution in [3.8, 4) is 28.3 Å². The van der Waals surface area contributed by atoms with Crippen LogP contribution in [0.25, 0.3) is 22.3 Å². The molecule has 8 aromatic carbocycles. The van der Waals surface area contributed by atoms with Crippen molar-refractivity contribution in [1.82, 2.24) is 0 Å². The molecule has 0 bridgehead atoms. The molecule has 0 radical (unpaired) electrons. The van der Waals surface area contributed by atoms with Crippen molar-refractivity contribution in [2.75, 3.05) is 0 Å². The van der Waals surface area contributed by atoms with Crippen molar-refractivity contribution in [1.29, 1.82) is 5.26 Å². The first-order valence-corrected chi connectivity index (χ1v) is 20.5. The van der Waals surface area contributed by atoms with E-state index in [0.717, 1.165) is 19.0 Å². The molecule has 0 aliphatic heterocycles. The zero-order valence-corrected chi connectivity index (χ0v) is 34.3. The summed E-state index contributed by atoms with van der Waals surface area (Å²) in [6.07, 6.45) is 0. The third kappa shape index (κ3) is 5.68. The highest BCUT2D eigenvalue weighted by Gasteiger charge is 2.47. The Morgan fingerprint density at radius 2 is 0.600 bits per heavy atom. The second-order valence-electron chi connectivity index (χ2n) is 13.9. The Morgan fingerprint density at radius 3 is 0.891 bits per heavy atom. The van der Waals surface area contributed by atoms with E-state index in [1.54, 1.807) is 0 Å². The number of benzene rings is 8. The van der Waals surface area contributed by atoms with Crippen molar-refractivity contribution in [3.05, 3.63) is 258 Å². The number of rotatable bonds is 4. The van der Waals surface area contributed by atoms with Crippen LogP contribution >= 0.6 is 47.8 Å². The lowest BCUT2D eigenvalue weighted by Crippen LogP contribution is -2.28. The van der Waals surface area contributed by atoms with Gasteiger partial charge in [-0.2, -0.15) is 5.26 Å². The molecule has 2 aliphatic rings. The van der Waals surface area contributed by atoms with Crippen LogP contribution in [0, 0.1) is 11.3 Å². The normalized spacial score (nSPS) is 13.6. The summed E-state index contributed by atoms with van der Waals surface area (Å²) in [6, 6.07) is 71.0. The van der Waals surface area contributed by atoms with Crippen LogP contribution in [0.2, 0.25) is 0 Å². The first kappa shape index (κ1) is 35.4. The smallest absolute Gasteiger partial charge is 0.0991 e. The summed E-state index contributed by atoms with van der Waals surface area (Å²) >= 11 is 11.1. The highest BCUT2D eigenvalue weighted by Crippen LogP contribution is 2.58. The molecular formula is C51H32Br3N. The van der Waals surface area contributed by atoms with Crippen molar-refractivity contribution in [3.63, 3.8) is 0 Å². The minimum atomic E-state index is -0.455. The third-order valence-corrected chi connectivity index (χ3v) is 12.6. The van der Waals surface area contributed by atoms with E-state index in [9.17, 15) is 5.26 Å². The van der Waals surface area contributed by atoms with Crippen LogP contribution in [-0.4, -0.2) is 0 Å². The maximum absolute atomic E-state index is 9.58. The topological polar surface area (TPSA) is 23.8 Å². The van der Waals surface area contributed by atoms with Gasteiger partial charge in [-0.3, -0.25) is 0 Å². The summed E-state index contributed by atoms with van der Waals surface area (Å²) in [5, 5.41) is 9.58. The van der Waals surface area contributed by atoms with Crippen LogP contribution in [0.4, 0.5) is 0 Å². The van der Waals surface area contributed by atoms with E-state index in [4.69, 9.17) is 0 Å². The van der Waals surface area contributed by atoms with Gasteiger partial charge in [0.2, 0.25) is 0 Å². The lowest BCUT2D eigenvalue weighted by Gasteiger charge is -2.34. The van der Waals surface area contributed by atoms with Crippen molar-refractivity contribution in [2.24, 2.45) is 0 Å². The number of nitriles is 1. The summed E-state index contributed by atoms with van der Waals surface area (Å²) in [4.78, 5) is 0. The number of fused-ring (bicyclic) bond motifs is 6. The molecule has 0 heterocycles. The van der Waals surface area contributed by atoms with Gasteiger partial charge in [-0.1, -0.05) is 193 Å². The Kier molecular flexibility index (Phi) is 9.27. The van der Waals surface area contributed by atoms with Gasteiger partial charge in [0.1, 0.15) is 0 Å². The van der Waals surface area contributed by atoms with Crippen molar-refractivity contribution >= 4 is 47.8 Å². The maximum Gasteiger partial charge on any atom is 0.0991 e. The summed E-state index contributed by atoms with van der Waals surface area (Å²) < 4.78 is 3.25. The fraction of sp³-hybridized carbons (Fsp3) is 0.0392. The average Bonchev–Trinajstić information content (AvgIpc) is 3.68. The van der Waals surface area contributed by atoms with E-state index in [1.807, 2.05) is 18.2 Å². The van der Waals surface area contributed by atoms with Gasteiger partial charge in [-0.15, -0.1) is 0 Å². The molecule has 0 atom stereocenters. The van der Waals surface area contributed by atoms with Gasteiger partial charge < -0.3 is 0 Å². The van der Waals surface area contributed by atoms with Crippen molar-refractivity contribution < 1.29 is 0 Å². The molecule has 0 saturated heterocycles. The quantitative estimate of drug-likeness (QED) is 0.173. The zero-order chi connectivity index (χ0) is 37.6. The largest absolute Gasteiger partial charge is 0.192 e. The zero-order valence-electron chi connectivity index (χ0n) is 29.6. The fourth-order valence-corrected chi connectivity index (χ4v) is 10.0. The summed E-state index contributed by atoms with van der Waals surface area (Å²) in [6.45, 7) is 0. The third-order valence-electron chi connectivity index (χ3n) is 11.1. The molecule has 0 aromatic heterocycles. The molecule has 4 heteroatoms. The SMILES string of the molecule is Brc1ccc2c(c1)C(c1ccccc1)(c1ccccc1)c1cc(Br)ccc1-2.N#Cc1ccc2c(c1)C(c1ccccc1)(c1ccccc1)c1cc(Br)ccc1-2. The van der Waals surface area contributed by atoms with E-state index in [-0.39, 0.29) is 5.41 Å². The number of hydrogen-bond acceptors (Lipinski definition) is 1. The number of halogens is 3. The molecule has 0 fully saturated rings. The van der Waals surface area contributed by atoms with E-state index < -0.39 is 5.41 Å². The molecular weight excluding hydrogens is 866 g/mol. The highest BCUT2D eigenvalue weighted by atomic mass is 79.9. The van der Waals surface area contributed by atoms with Crippen LogP contribution in [0.1, 0.15) is 50.1 Å². The summed E-state index contributed by atoms with van der Waals surface area (Å²) in [5.74, 6) is 0. The van der Waals surface area contributed by atoms with E-state index in [1.165, 1.54) is 61.2 Å². The Hall–Kier alpha value is -5.31. The Morgan fingerprint density at radius 1 is 0.327 bits per heavy atom. The minimum Gasteiger partial charge on any atom is -0.192 e. The second kappa shape index (κ2) is 14.4. The van der Waals surface area contributed by atoms with Gasteiger partial charge in [-0.05, 0) is 115 Å². The molecule has 0 spiro atoms. The molecule has 0 N–H and O–H groups in total. The van der Waals surface area contributed by atoms with E-state index in [2.05, 4.69) is 230 Å². The molecule has 0 saturated carbocycles. The van der Waals surface area contributed by atoms with Crippen LogP contribution in [-0.2, 0) is 10.8 Å². The van der Waals surface area contributed by atoms with Crippen LogP contribution < -0.4 is 0 Å². The predicted molar refractivity (Wildman–Crippen MR) is 235 cm³/mol. The van der Waals surface area contributed by atoms with Gasteiger partial charge in [0.25, 0.3) is 0 Å². The Bertz CT molecular complexity index is 2600. The molecule has 0 amide bonds. The fourth-order valence-electron chi connectivity index (χ4n) is 8.96. The average molecular weight is 899 g/mol. The van der Waals surface area contributed by atoms with Gasteiger partial charge >= 0.3 is 0 Å². The van der Waals surface area contributed by atoms with E-state index >= 15 is 0 Å². The first-order chi connectivity index (χ1) is 27.0. The molecule has 55 heavy (non-hydrogen) atoms. The maximum atomic E-state index is 9.58. The van der Waals surface area contributed by atoms with Crippen LogP contribution in [0.15, 0.2) is 208 Å². The highest BCUT2D eigenvalue weighted by molar-refractivity contribution is 9.11. The number of nitrogens with zero attached hydrogens (tertiary/aromatic N) is 1. The summed E-state index contributed by atoms with van der Waals surface area (Å²) in [7, 11) is 0. The van der Waals surface area contributed by atoms with Gasteiger partial charge in [-0.25, -0.2) is 0 Å². The molecule has 262 valence electrons. The van der Waals surface area contributed by atoms with E-state index in [0.29, 0.717) is 5.56 Å². The standard InChI is InChI=1S/C26H16BrN.C25H16Br2/c27-21-12-14-23-22-13-11-18(17-28)15-24(22)26(25(23)16-21,19-7-3-1-4-8-19)20-9-5-2-6-10-20;26-19-11-13-21-22-14-12-20(27)16-24(22)25(23(21)15-19,17-7-3-1-4-8-17)18-9-5-2-6-10-18/h1-16H;1-16H. The first-order valence-electron chi connectivity index (χ1n) is 18.1. The molecule has 0 unspecified atom stereocenters. The molecule has 2 aliphatic carbocycles. The molecule has 8 aromatic rings. The van der Waals surface area contributed by atoms with Gasteiger partial charge in [0, 0.05) is 13.4 Å². The molecule has 1 nitrogen and oxygen atoms in total. The Labute approximate surface area is 347 Å². The lowest BCUT2D eigenvalue weighted by atomic mass is 9.67. The van der Waals surface area contributed by atoms with Gasteiger partial charge in [0.05, 0.1) is 22.5 Å². The summed E-state index contributed by atoms with van der Waals surface area (Å²) in [5.41, 5.74) is 14.9. The van der Waals surface area contributed by atoms with Gasteiger partial charge in [0.15, 0.2) is 0 Å². The molecule has 10 rings (SSSR count). The minimum absolute atomic E-state index is 0.333. The van der Waals surface area contributed by atoms with Crippen molar-refractivity contribution in [2.45, 2.75) is 10.8 Å². The van der Waals surface area contributed by atoms with Crippen LogP contribution in [0.5, 0.6) is 0 Å². The predicted octanol–water partition coefficient (Wildman–Crippen LogP) is 14.3. The second-order valence-corrected chi connectivity index (χ2v) is 16.7. The number of hydrogen-bond donors (Lipinski definition) is 0. The van der Waals surface area contributed by atoms with Crippen LogP contribution in [0.3, 0.4) is 0 Å². The Balaban J connectivity index is 0.000000144. The monoisotopic (exact) mass is 895 g/mol. The lowest BCUT2D eigenvalue weighted by molar-refractivity contribution is 0.767.